The molecule has 1 N–H and O–H groups in total. The maximum Gasteiger partial charge on any atom is 0.295 e. The molecule has 0 saturated carbocycles. The van der Waals surface area contributed by atoms with Crippen LogP contribution in [0.2, 0.25) is 5.02 Å². The van der Waals surface area contributed by atoms with Crippen LogP contribution < -0.4 is 4.74 Å². The SMILES string of the molecule is CCN(CC)CCN1C(=O)C(=O)/C(=C(/O)c2ccc(OCc3ccccc3)c(C)c2)[C@@H]1c1ccc(Cl)cc1. The summed E-state index contributed by atoms with van der Waals surface area (Å²) in [6, 6.07) is 21.5. The van der Waals surface area contributed by atoms with E-state index in [0.717, 1.165) is 24.2 Å². The first-order valence-corrected chi connectivity index (χ1v) is 13.3. The summed E-state index contributed by atoms with van der Waals surface area (Å²) in [6.45, 7) is 9.08. The number of nitrogens with zero attached hydrogens (tertiary/aromatic N) is 2. The van der Waals surface area contributed by atoms with Crippen molar-refractivity contribution < 1.29 is 19.4 Å². The highest BCUT2D eigenvalue weighted by atomic mass is 35.5. The van der Waals surface area contributed by atoms with Gasteiger partial charge in [-0.3, -0.25) is 9.59 Å². The molecule has 198 valence electrons. The van der Waals surface area contributed by atoms with Crippen LogP contribution in [0.1, 0.15) is 42.1 Å². The Morgan fingerprint density at radius 2 is 1.68 bits per heavy atom. The highest BCUT2D eigenvalue weighted by molar-refractivity contribution is 6.46. The van der Waals surface area contributed by atoms with Gasteiger partial charge in [-0.2, -0.15) is 0 Å². The third kappa shape index (κ3) is 5.93. The molecule has 0 aromatic heterocycles. The van der Waals surface area contributed by atoms with Crippen molar-refractivity contribution in [1.82, 2.24) is 9.80 Å². The molecule has 1 heterocycles. The third-order valence-electron chi connectivity index (χ3n) is 6.96. The number of rotatable bonds is 10. The van der Waals surface area contributed by atoms with Gasteiger partial charge in [0, 0.05) is 23.7 Å². The van der Waals surface area contributed by atoms with E-state index < -0.39 is 17.7 Å². The fourth-order valence-electron chi connectivity index (χ4n) is 4.74. The molecule has 0 aliphatic carbocycles. The summed E-state index contributed by atoms with van der Waals surface area (Å²) in [5.74, 6) is -0.826. The molecule has 1 fully saturated rings. The second-order valence-electron chi connectivity index (χ2n) is 9.33. The van der Waals surface area contributed by atoms with Crippen molar-refractivity contribution in [3.63, 3.8) is 0 Å². The fraction of sp³-hybridized carbons (Fsp3) is 0.290. The normalized spacial score (nSPS) is 16.9. The number of aryl methyl sites for hydroxylation is 1. The van der Waals surface area contributed by atoms with E-state index in [4.69, 9.17) is 16.3 Å². The lowest BCUT2D eigenvalue weighted by atomic mass is 9.95. The molecule has 1 saturated heterocycles. The van der Waals surface area contributed by atoms with Crippen molar-refractivity contribution in [2.24, 2.45) is 0 Å². The molecule has 0 unspecified atom stereocenters. The van der Waals surface area contributed by atoms with Crippen LogP contribution in [0.5, 0.6) is 5.75 Å². The number of halogens is 1. The Kier molecular flexibility index (Phi) is 8.87. The minimum Gasteiger partial charge on any atom is -0.507 e. The summed E-state index contributed by atoms with van der Waals surface area (Å²) >= 11 is 6.12. The van der Waals surface area contributed by atoms with Crippen molar-refractivity contribution >= 4 is 29.1 Å². The predicted molar refractivity (Wildman–Crippen MR) is 150 cm³/mol. The number of aliphatic hydroxyl groups excluding tert-OH is 1. The zero-order valence-electron chi connectivity index (χ0n) is 22.0. The van der Waals surface area contributed by atoms with Gasteiger partial charge in [0.15, 0.2) is 0 Å². The van der Waals surface area contributed by atoms with E-state index >= 15 is 0 Å². The molecule has 1 amide bonds. The molecule has 4 rings (SSSR count). The third-order valence-corrected chi connectivity index (χ3v) is 7.21. The van der Waals surface area contributed by atoms with Gasteiger partial charge in [0.25, 0.3) is 11.7 Å². The van der Waals surface area contributed by atoms with E-state index in [1.807, 2.05) is 37.3 Å². The van der Waals surface area contributed by atoms with Crippen LogP contribution >= 0.6 is 11.6 Å². The van der Waals surface area contributed by atoms with Crippen molar-refractivity contribution in [1.29, 1.82) is 0 Å². The zero-order valence-corrected chi connectivity index (χ0v) is 22.7. The van der Waals surface area contributed by atoms with Crippen LogP contribution in [-0.4, -0.2) is 52.8 Å². The zero-order chi connectivity index (χ0) is 27.2. The Bertz CT molecular complexity index is 1320. The number of Topliss-reactive ketones (excluding diaryl/α,β-unsaturated/α-hetero) is 1. The molecule has 0 bridgehead atoms. The molecule has 0 radical (unpaired) electrons. The van der Waals surface area contributed by atoms with Crippen LogP contribution in [0, 0.1) is 6.92 Å². The van der Waals surface area contributed by atoms with Gasteiger partial charge in [0.05, 0.1) is 11.6 Å². The van der Waals surface area contributed by atoms with Gasteiger partial charge >= 0.3 is 0 Å². The second-order valence-corrected chi connectivity index (χ2v) is 9.76. The van der Waals surface area contributed by atoms with Crippen molar-refractivity contribution in [3.05, 3.63) is 106 Å². The number of hydrogen-bond donors (Lipinski definition) is 1. The van der Waals surface area contributed by atoms with E-state index in [9.17, 15) is 14.7 Å². The number of ether oxygens (including phenoxy) is 1. The standard InChI is InChI=1S/C31H33ClN2O4/c1-4-33(5-2)17-18-34-28(23-11-14-25(32)15-12-23)27(30(36)31(34)37)29(35)24-13-16-26(21(3)19-24)38-20-22-9-7-6-8-10-22/h6-16,19,28,35H,4-5,17-18,20H2,1-3H3/b29-27+/t28-/m0/s1. The van der Waals surface area contributed by atoms with E-state index in [2.05, 4.69) is 18.7 Å². The summed E-state index contributed by atoms with van der Waals surface area (Å²) < 4.78 is 5.97. The van der Waals surface area contributed by atoms with Crippen LogP contribution in [0.25, 0.3) is 5.76 Å². The van der Waals surface area contributed by atoms with Crippen molar-refractivity contribution in [2.75, 3.05) is 26.2 Å². The number of aliphatic hydroxyl groups is 1. The Balaban J connectivity index is 1.68. The summed E-state index contributed by atoms with van der Waals surface area (Å²) in [6.07, 6.45) is 0. The molecule has 3 aromatic carbocycles. The molecule has 3 aromatic rings. The topological polar surface area (TPSA) is 70.1 Å². The van der Waals surface area contributed by atoms with Gasteiger partial charge in [-0.1, -0.05) is 67.9 Å². The molecule has 1 aliphatic heterocycles. The Morgan fingerprint density at radius 3 is 2.32 bits per heavy atom. The number of amides is 1. The monoisotopic (exact) mass is 532 g/mol. The van der Waals surface area contributed by atoms with E-state index in [1.54, 1.807) is 47.4 Å². The lowest BCUT2D eigenvalue weighted by Gasteiger charge is -2.28. The van der Waals surface area contributed by atoms with E-state index in [-0.39, 0.29) is 11.3 Å². The average molecular weight is 533 g/mol. The fourth-order valence-corrected chi connectivity index (χ4v) is 4.87. The quantitative estimate of drug-likeness (QED) is 0.197. The van der Waals surface area contributed by atoms with Crippen LogP contribution in [-0.2, 0) is 16.2 Å². The van der Waals surface area contributed by atoms with Crippen LogP contribution in [0.15, 0.2) is 78.4 Å². The molecule has 1 atom stereocenters. The Labute approximate surface area is 229 Å². The first-order chi connectivity index (χ1) is 18.3. The first kappa shape index (κ1) is 27.4. The predicted octanol–water partition coefficient (Wildman–Crippen LogP) is 5.99. The number of likely N-dealkylation sites (tertiary alicyclic amines) is 1. The van der Waals surface area contributed by atoms with Gasteiger partial charge in [0.2, 0.25) is 0 Å². The molecule has 38 heavy (non-hydrogen) atoms. The first-order valence-electron chi connectivity index (χ1n) is 12.9. The largest absolute Gasteiger partial charge is 0.507 e. The molecule has 0 spiro atoms. The summed E-state index contributed by atoms with van der Waals surface area (Å²) in [4.78, 5) is 30.2. The molecule has 1 aliphatic rings. The lowest BCUT2D eigenvalue weighted by Crippen LogP contribution is -2.38. The highest BCUT2D eigenvalue weighted by Gasteiger charge is 2.46. The molecular weight excluding hydrogens is 500 g/mol. The maximum absolute atomic E-state index is 13.3. The van der Waals surface area contributed by atoms with Gasteiger partial charge in [-0.25, -0.2) is 0 Å². The van der Waals surface area contributed by atoms with Gasteiger partial charge < -0.3 is 19.6 Å². The smallest absolute Gasteiger partial charge is 0.295 e. The minimum atomic E-state index is -0.711. The molecular formula is C31H33ClN2O4. The van der Waals surface area contributed by atoms with Gasteiger partial charge in [-0.05, 0) is 67.0 Å². The number of hydrogen-bond acceptors (Lipinski definition) is 5. The van der Waals surface area contributed by atoms with Gasteiger partial charge in [-0.15, -0.1) is 0 Å². The maximum atomic E-state index is 13.3. The number of carbonyl (C=O) groups is 2. The lowest BCUT2D eigenvalue weighted by molar-refractivity contribution is -0.140. The second kappa shape index (κ2) is 12.3. The molecule has 6 nitrogen and oxygen atoms in total. The van der Waals surface area contributed by atoms with Gasteiger partial charge in [0.1, 0.15) is 18.1 Å². The summed E-state index contributed by atoms with van der Waals surface area (Å²) in [5, 5.41) is 12.0. The Hall–Kier alpha value is -3.61. The number of ketones is 1. The summed E-state index contributed by atoms with van der Waals surface area (Å²) in [5.41, 5.74) is 3.11. The van der Waals surface area contributed by atoms with E-state index in [0.29, 0.717) is 41.6 Å². The number of carbonyl (C=O) groups excluding carboxylic acids is 2. The summed E-state index contributed by atoms with van der Waals surface area (Å²) in [7, 11) is 0. The molecule has 7 heteroatoms. The average Bonchev–Trinajstić information content (AvgIpc) is 3.18. The van der Waals surface area contributed by atoms with Crippen LogP contribution in [0.3, 0.4) is 0 Å². The highest BCUT2D eigenvalue weighted by Crippen LogP contribution is 2.40. The van der Waals surface area contributed by atoms with Crippen LogP contribution in [0.4, 0.5) is 0 Å². The number of benzene rings is 3. The minimum absolute atomic E-state index is 0.0780. The Morgan fingerprint density at radius 1 is 1.00 bits per heavy atom. The van der Waals surface area contributed by atoms with Crippen molar-refractivity contribution in [2.45, 2.75) is 33.4 Å². The number of likely N-dealkylation sites (N-methyl/N-ethyl adjacent to an activating group) is 1. The van der Waals surface area contributed by atoms with Crippen molar-refractivity contribution in [3.8, 4) is 5.75 Å². The van der Waals surface area contributed by atoms with E-state index in [1.165, 1.54) is 0 Å².